The lowest BCUT2D eigenvalue weighted by molar-refractivity contribution is 0.774. The molecular weight excluding hydrogens is 452 g/mol. The smallest absolute Gasteiger partial charge is 0.263 e. The fourth-order valence-corrected chi connectivity index (χ4v) is 4.26. The van der Waals surface area contributed by atoms with Gasteiger partial charge >= 0.3 is 0 Å². The Hall–Kier alpha value is -5.23. The Morgan fingerprint density at radius 1 is 1.03 bits per heavy atom. The van der Waals surface area contributed by atoms with E-state index in [4.69, 9.17) is 18.0 Å². The number of nitrogens with two attached hydrogens (primary N) is 2. The molecule has 5 aromatic rings. The molecule has 0 saturated carbocycles. The van der Waals surface area contributed by atoms with E-state index in [1.807, 2.05) is 67.6 Å². The van der Waals surface area contributed by atoms with Gasteiger partial charge in [-0.2, -0.15) is 0 Å². The van der Waals surface area contributed by atoms with E-state index in [1.165, 1.54) is 6.20 Å². The van der Waals surface area contributed by atoms with E-state index in [9.17, 15) is 4.79 Å². The number of nitrogens with zero attached hydrogens (tertiary/aromatic N) is 5. The van der Waals surface area contributed by atoms with Crippen molar-refractivity contribution in [3.05, 3.63) is 107 Å². The van der Waals surface area contributed by atoms with Crippen LogP contribution in [0, 0.1) is 6.57 Å². The van der Waals surface area contributed by atoms with Crippen LogP contribution < -0.4 is 22.3 Å². The molecular formula is C27H22N8O. The average Bonchev–Trinajstić information content (AvgIpc) is 2.89. The number of nitrogen functional groups attached to an aromatic ring is 2. The quantitative estimate of drug-likeness (QED) is 0.314. The molecule has 176 valence electrons. The maximum Gasteiger partial charge on any atom is 0.263 e. The van der Waals surface area contributed by atoms with Gasteiger partial charge in [0, 0.05) is 23.8 Å². The van der Waals surface area contributed by atoms with Gasteiger partial charge in [0.1, 0.15) is 11.6 Å². The molecule has 1 atom stereocenters. The van der Waals surface area contributed by atoms with Crippen LogP contribution in [0.5, 0.6) is 0 Å². The Morgan fingerprint density at radius 3 is 2.58 bits per heavy atom. The highest BCUT2D eigenvalue weighted by molar-refractivity contribution is 5.96. The summed E-state index contributed by atoms with van der Waals surface area (Å²) in [5.41, 5.74) is 14.7. The van der Waals surface area contributed by atoms with E-state index in [2.05, 4.69) is 25.1 Å². The second kappa shape index (κ2) is 9.19. The molecule has 0 aliphatic rings. The second-order valence-electron chi connectivity index (χ2n) is 8.22. The molecule has 0 saturated heterocycles. The van der Waals surface area contributed by atoms with Crippen LogP contribution in [0.15, 0.2) is 83.9 Å². The molecule has 0 unspecified atom stereocenters. The fourth-order valence-electron chi connectivity index (χ4n) is 4.26. The molecule has 9 nitrogen and oxygen atoms in total. The molecule has 36 heavy (non-hydrogen) atoms. The lowest BCUT2D eigenvalue weighted by Crippen LogP contribution is -2.26. The minimum atomic E-state index is -0.405. The van der Waals surface area contributed by atoms with Gasteiger partial charge < -0.3 is 16.8 Å². The maximum atomic E-state index is 14.2. The zero-order chi connectivity index (χ0) is 25.2. The monoisotopic (exact) mass is 474 g/mol. The lowest BCUT2D eigenvalue weighted by atomic mass is 9.98. The van der Waals surface area contributed by atoms with Crippen molar-refractivity contribution in [3.63, 3.8) is 0 Å². The van der Waals surface area contributed by atoms with Gasteiger partial charge in [-0.15, -0.1) is 0 Å². The van der Waals surface area contributed by atoms with E-state index in [1.54, 1.807) is 16.8 Å². The SMILES string of the molecule is [C-]#[N+]c1cnc(N)nc1N[C@@H](C)c1cc2cccc(-c3ccnc(N)c3)c2c(=O)n1-c1ccccc1. The van der Waals surface area contributed by atoms with Crippen molar-refractivity contribution in [1.82, 2.24) is 19.5 Å². The van der Waals surface area contributed by atoms with Crippen molar-refractivity contribution < 1.29 is 0 Å². The van der Waals surface area contributed by atoms with Crippen molar-refractivity contribution in [2.45, 2.75) is 13.0 Å². The third kappa shape index (κ3) is 4.08. The van der Waals surface area contributed by atoms with Gasteiger partial charge in [-0.25, -0.2) is 19.8 Å². The third-order valence-corrected chi connectivity index (χ3v) is 5.89. The van der Waals surface area contributed by atoms with Gasteiger partial charge in [0.05, 0.1) is 18.0 Å². The van der Waals surface area contributed by atoms with Crippen LogP contribution in [0.2, 0.25) is 0 Å². The van der Waals surface area contributed by atoms with Gasteiger partial charge in [-0.05, 0) is 53.8 Å². The van der Waals surface area contributed by atoms with E-state index in [-0.39, 0.29) is 17.2 Å². The normalized spacial score (nSPS) is 11.7. The number of hydrogen-bond acceptors (Lipinski definition) is 7. The van der Waals surface area contributed by atoms with Crippen LogP contribution in [-0.4, -0.2) is 19.5 Å². The number of rotatable bonds is 5. The Labute approximate surface area is 206 Å². The van der Waals surface area contributed by atoms with Crippen LogP contribution in [0.1, 0.15) is 18.7 Å². The number of anilines is 3. The van der Waals surface area contributed by atoms with Gasteiger partial charge in [0.2, 0.25) is 11.6 Å². The van der Waals surface area contributed by atoms with Gasteiger partial charge in [-0.3, -0.25) is 9.36 Å². The van der Waals surface area contributed by atoms with Gasteiger partial charge in [0.15, 0.2) is 0 Å². The number of pyridine rings is 2. The summed E-state index contributed by atoms with van der Waals surface area (Å²) in [5.74, 6) is 0.734. The average molecular weight is 475 g/mol. The first kappa shape index (κ1) is 22.6. The molecule has 9 heteroatoms. The summed E-state index contributed by atoms with van der Waals surface area (Å²) in [7, 11) is 0. The first-order valence-corrected chi connectivity index (χ1v) is 11.2. The Bertz CT molecular complexity index is 1690. The van der Waals surface area contributed by atoms with Crippen molar-refractivity contribution in [2.24, 2.45) is 0 Å². The highest BCUT2D eigenvalue weighted by Gasteiger charge is 2.20. The summed E-state index contributed by atoms with van der Waals surface area (Å²) in [4.78, 5) is 29.8. The maximum absolute atomic E-state index is 14.2. The van der Waals surface area contributed by atoms with Gasteiger partial charge in [-0.1, -0.05) is 36.4 Å². The fraction of sp³-hybridized carbons (Fsp3) is 0.0741. The second-order valence-corrected chi connectivity index (χ2v) is 8.22. The zero-order valence-electron chi connectivity index (χ0n) is 19.4. The molecule has 0 bridgehead atoms. The molecule has 5 rings (SSSR count). The molecule has 0 aliphatic carbocycles. The number of para-hydroxylation sites is 1. The molecule has 2 aromatic carbocycles. The van der Waals surface area contributed by atoms with E-state index in [0.717, 1.165) is 16.5 Å². The number of benzene rings is 2. The van der Waals surface area contributed by atoms with Crippen molar-refractivity contribution >= 4 is 34.0 Å². The van der Waals surface area contributed by atoms with E-state index < -0.39 is 6.04 Å². The van der Waals surface area contributed by atoms with Crippen molar-refractivity contribution in [3.8, 4) is 16.8 Å². The van der Waals surface area contributed by atoms with Crippen LogP contribution in [-0.2, 0) is 0 Å². The van der Waals surface area contributed by atoms with Crippen LogP contribution in [0.25, 0.3) is 32.4 Å². The van der Waals surface area contributed by atoms with E-state index >= 15 is 0 Å². The first-order chi connectivity index (χ1) is 17.5. The predicted molar refractivity (Wildman–Crippen MR) is 142 cm³/mol. The molecule has 3 heterocycles. The summed E-state index contributed by atoms with van der Waals surface area (Å²) in [6, 6.07) is 20.3. The Kier molecular flexibility index (Phi) is 5.76. The van der Waals surface area contributed by atoms with Gasteiger partial charge in [0.25, 0.3) is 5.56 Å². The lowest BCUT2D eigenvalue weighted by Gasteiger charge is -2.22. The standard InChI is InChI=1S/C27H22N8O/c1-16(33-25-21(30-2)15-32-27(29)34-25)22-13-18-7-6-10-20(17-11-12-31-23(28)14-17)24(18)26(36)35(22)19-8-4-3-5-9-19/h3-16H,1H3,(H2,28,31)(H3,29,32,33,34)/t16-/m0/s1. The number of fused-ring (bicyclic) bond motifs is 1. The summed E-state index contributed by atoms with van der Waals surface area (Å²) in [6.07, 6.45) is 3.00. The molecule has 5 N–H and O–H groups in total. The van der Waals surface area contributed by atoms with Crippen LogP contribution >= 0.6 is 0 Å². The highest BCUT2D eigenvalue weighted by atomic mass is 16.1. The molecule has 3 aromatic heterocycles. The number of nitrogens with one attached hydrogen (secondary N) is 1. The third-order valence-electron chi connectivity index (χ3n) is 5.89. The Balaban J connectivity index is 1.75. The number of hydrogen-bond donors (Lipinski definition) is 3. The molecule has 0 spiro atoms. The largest absolute Gasteiger partial charge is 0.384 e. The molecule has 0 amide bonds. The topological polar surface area (TPSA) is 129 Å². The molecule has 0 fully saturated rings. The van der Waals surface area contributed by atoms with Crippen LogP contribution in [0.4, 0.5) is 23.3 Å². The zero-order valence-corrected chi connectivity index (χ0v) is 19.4. The Morgan fingerprint density at radius 2 is 1.83 bits per heavy atom. The van der Waals surface area contributed by atoms with Crippen molar-refractivity contribution in [1.29, 1.82) is 0 Å². The number of aromatic nitrogens is 4. The van der Waals surface area contributed by atoms with E-state index in [0.29, 0.717) is 28.4 Å². The summed E-state index contributed by atoms with van der Waals surface area (Å²) in [5, 5.41) is 4.59. The molecule has 0 radical (unpaired) electrons. The minimum Gasteiger partial charge on any atom is -0.384 e. The predicted octanol–water partition coefficient (Wildman–Crippen LogP) is 4.73. The highest BCUT2D eigenvalue weighted by Crippen LogP contribution is 2.32. The summed E-state index contributed by atoms with van der Waals surface area (Å²) in [6.45, 7) is 9.34. The summed E-state index contributed by atoms with van der Waals surface area (Å²) >= 11 is 0. The summed E-state index contributed by atoms with van der Waals surface area (Å²) < 4.78 is 1.68. The minimum absolute atomic E-state index is 0.0531. The van der Waals surface area contributed by atoms with Crippen molar-refractivity contribution in [2.75, 3.05) is 16.8 Å². The van der Waals surface area contributed by atoms with Crippen LogP contribution in [0.3, 0.4) is 0 Å². The molecule has 0 aliphatic heterocycles. The first-order valence-electron chi connectivity index (χ1n) is 11.2.